The molecule has 0 saturated heterocycles. The fraction of sp³-hybridized carbons (Fsp3) is 0.727. The van der Waals surface area contributed by atoms with Gasteiger partial charge in [0.1, 0.15) is 16.2 Å². The molecular formula is C11H22O4Si. The molecule has 16 heavy (non-hydrogen) atoms. The summed E-state index contributed by atoms with van der Waals surface area (Å²) in [5, 5.41) is 8.50. The van der Waals surface area contributed by atoms with Gasteiger partial charge in [-0.05, 0) is 31.3 Å². The molecule has 0 aromatic heterocycles. The lowest BCUT2D eigenvalue weighted by Gasteiger charge is -2.30. The molecule has 1 N–H and O–H groups in total. The minimum absolute atomic E-state index is 0.0481. The van der Waals surface area contributed by atoms with E-state index >= 15 is 0 Å². The SMILES string of the molecule is CC(CC(O[SiH3])C(C)(C)C)=C(C)OC(=O)O. The van der Waals surface area contributed by atoms with Crippen LogP contribution in [0.1, 0.15) is 41.0 Å². The smallest absolute Gasteiger partial charge is 0.449 e. The van der Waals surface area contributed by atoms with Crippen LogP contribution in [-0.2, 0) is 9.16 Å². The Morgan fingerprint density at radius 2 is 1.88 bits per heavy atom. The molecule has 0 spiro atoms. The minimum atomic E-state index is -1.27. The summed E-state index contributed by atoms with van der Waals surface area (Å²) in [6, 6.07) is 0. The van der Waals surface area contributed by atoms with E-state index in [1.165, 1.54) is 0 Å². The molecule has 94 valence electrons. The first-order chi connectivity index (χ1) is 7.18. The molecule has 0 rings (SSSR count). The molecule has 0 aromatic rings. The maximum absolute atomic E-state index is 10.4. The number of carboxylic acid groups (broad SMARTS) is 1. The Morgan fingerprint density at radius 3 is 2.19 bits per heavy atom. The van der Waals surface area contributed by atoms with Crippen molar-refractivity contribution < 1.29 is 19.1 Å². The van der Waals surface area contributed by atoms with Crippen LogP contribution in [0.2, 0.25) is 0 Å². The largest absolute Gasteiger partial charge is 0.511 e. The monoisotopic (exact) mass is 246 g/mol. The van der Waals surface area contributed by atoms with Crippen molar-refractivity contribution in [3.63, 3.8) is 0 Å². The van der Waals surface area contributed by atoms with Crippen molar-refractivity contribution in [2.24, 2.45) is 5.41 Å². The minimum Gasteiger partial charge on any atom is -0.449 e. The Morgan fingerprint density at radius 1 is 1.38 bits per heavy atom. The van der Waals surface area contributed by atoms with E-state index in [1.54, 1.807) is 6.92 Å². The zero-order valence-electron chi connectivity index (χ0n) is 11.0. The van der Waals surface area contributed by atoms with Crippen LogP contribution in [-0.4, -0.2) is 27.9 Å². The standard InChI is InChI=1S/C11H22O4Si/c1-7(8(2)14-10(12)13)6-9(15-16)11(3,4)5/h9H,6H2,1-5,16H3,(H,12,13). The first-order valence-electron chi connectivity index (χ1n) is 5.28. The number of ether oxygens (including phenoxy) is 1. The van der Waals surface area contributed by atoms with E-state index in [1.807, 2.05) is 6.92 Å². The van der Waals surface area contributed by atoms with E-state index in [0.29, 0.717) is 22.7 Å². The van der Waals surface area contributed by atoms with Crippen molar-refractivity contribution in [3.8, 4) is 0 Å². The highest BCUT2D eigenvalue weighted by molar-refractivity contribution is 5.98. The molecule has 0 fully saturated rings. The van der Waals surface area contributed by atoms with Crippen molar-refractivity contribution in [1.82, 2.24) is 0 Å². The quantitative estimate of drug-likeness (QED) is 0.469. The Bertz CT molecular complexity index is 278. The Balaban J connectivity index is 4.63. The van der Waals surface area contributed by atoms with Gasteiger partial charge in [0.25, 0.3) is 0 Å². The molecule has 1 atom stereocenters. The van der Waals surface area contributed by atoms with E-state index in [9.17, 15) is 4.79 Å². The third-order valence-corrected chi connectivity index (χ3v) is 3.15. The third-order valence-electron chi connectivity index (χ3n) is 2.58. The molecular weight excluding hydrogens is 224 g/mol. The molecule has 0 aliphatic carbocycles. The van der Waals surface area contributed by atoms with Gasteiger partial charge in [0.15, 0.2) is 0 Å². The zero-order valence-corrected chi connectivity index (χ0v) is 13.0. The average Bonchev–Trinajstić information content (AvgIpc) is 2.10. The van der Waals surface area contributed by atoms with Crippen LogP contribution in [0.3, 0.4) is 0 Å². The number of carbonyl (C=O) groups is 1. The van der Waals surface area contributed by atoms with E-state index in [-0.39, 0.29) is 11.5 Å². The zero-order chi connectivity index (χ0) is 12.9. The third kappa shape index (κ3) is 5.32. The molecule has 1 unspecified atom stereocenters. The van der Waals surface area contributed by atoms with Crippen molar-refractivity contribution in [1.29, 1.82) is 0 Å². The van der Waals surface area contributed by atoms with Crippen LogP contribution in [0, 0.1) is 5.41 Å². The van der Waals surface area contributed by atoms with Gasteiger partial charge in [0.2, 0.25) is 0 Å². The maximum Gasteiger partial charge on any atom is 0.511 e. The number of hydrogen-bond acceptors (Lipinski definition) is 3. The number of hydrogen-bond donors (Lipinski definition) is 1. The van der Waals surface area contributed by atoms with Crippen LogP contribution >= 0.6 is 0 Å². The van der Waals surface area contributed by atoms with Gasteiger partial charge in [0.05, 0.1) is 6.10 Å². The van der Waals surface area contributed by atoms with Gasteiger partial charge < -0.3 is 14.3 Å². The summed E-state index contributed by atoms with van der Waals surface area (Å²) in [6.45, 7) is 9.86. The lowest BCUT2D eigenvalue weighted by Crippen LogP contribution is -2.29. The van der Waals surface area contributed by atoms with Crippen molar-refractivity contribution in [3.05, 3.63) is 11.3 Å². The first kappa shape index (κ1) is 15.2. The van der Waals surface area contributed by atoms with Crippen molar-refractivity contribution >= 4 is 16.6 Å². The molecule has 0 saturated carbocycles. The van der Waals surface area contributed by atoms with Gasteiger partial charge in [0, 0.05) is 0 Å². The fourth-order valence-corrected chi connectivity index (χ4v) is 2.26. The number of allylic oxidation sites excluding steroid dienone is 1. The summed E-state index contributed by atoms with van der Waals surface area (Å²) >= 11 is 0. The van der Waals surface area contributed by atoms with E-state index in [2.05, 4.69) is 25.5 Å². The molecule has 0 bridgehead atoms. The van der Waals surface area contributed by atoms with Gasteiger partial charge >= 0.3 is 6.16 Å². The van der Waals surface area contributed by atoms with E-state index in [4.69, 9.17) is 9.53 Å². The van der Waals surface area contributed by atoms with Crippen LogP contribution in [0.25, 0.3) is 0 Å². The van der Waals surface area contributed by atoms with E-state index in [0.717, 1.165) is 5.57 Å². The second-order valence-electron chi connectivity index (χ2n) is 5.00. The summed E-state index contributed by atoms with van der Waals surface area (Å²) in [5.74, 6) is 0.445. The van der Waals surface area contributed by atoms with Crippen LogP contribution in [0.4, 0.5) is 4.79 Å². The van der Waals surface area contributed by atoms with Gasteiger partial charge in [-0.15, -0.1) is 0 Å². The lowest BCUT2D eigenvalue weighted by atomic mass is 9.85. The predicted octanol–water partition coefficient (Wildman–Crippen LogP) is 2.08. The molecule has 0 aliphatic heterocycles. The summed E-state index contributed by atoms with van der Waals surface area (Å²) in [5.41, 5.74) is 0.963. The van der Waals surface area contributed by atoms with Gasteiger partial charge in [-0.1, -0.05) is 20.8 Å². The second kappa shape index (κ2) is 6.05. The fourth-order valence-electron chi connectivity index (χ4n) is 1.38. The van der Waals surface area contributed by atoms with Crippen LogP contribution in [0.5, 0.6) is 0 Å². The highest BCUT2D eigenvalue weighted by atomic mass is 28.2. The maximum atomic E-state index is 10.4. The van der Waals surface area contributed by atoms with Crippen LogP contribution < -0.4 is 0 Å². The molecule has 0 amide bonds. The molecule has 0 aliphatic rings. The van der Waals surface area contributed by atoms with Crippen LogP contribution in [0.15, 0.2) is 11.3 Å². The summed E-state index contributed by atoms with van der Waals surface area (Å²) < 4.78 is 10.2. The normalized spacial score (nSPS) is 15.6. The van der Waals surface area contributed by atoms with Crippen molar-refractivity contribution in [2.45, 2.75) is 47.1 Å². The highest BCUT2D eigenvalue weighted by Gasteiger charge is 2.24. The molecule has 0 heterocycles. The Labute approximate surface area is 100 Å². The number of rotatable bonds is 4. The molecule has 5 heteroatoms. The van der Waals surface area contributed by atoms with Gasteiger partial charge in [-0.2, -0.15) is 0 Å². The van der Waals surface area contributed by atoms with Crippen molar-refractivity contribution in [2.75, 3.05) is 0 Å². The predicted molar refractivity (Wildman–Crippen MR) is 66.4 cm³/mol. The summed E-state index contributed by atoms with van der Waals surface area (Å²) in [4.78, 5) is 10.4. The first-order valence-corrected chi connectivity index (χ1v) is 6.10. The van der Waals surface area contributed by atoms with Gasteiger partial charge in [-0.3, -0.25) is 0 Å². The topological polar surface area (TPSA) is 55.8 Å². The highest BCUT2D eigenvalue weighted by Crippen LogP contribution is 2.27. The Kier molecular flexibility index (Phi) is 5.75. The van der Waals surface area contributed by atoms with E-state index < -0.39 is 6.16 Å². The summed E-state index contributed by atoms with van der Waals surface area (Å²) in [7, 11) is 0.673. The Hall–Kier alpha value is -0.813. The summed E-state index contributed by atoms with van der Waals surface area (Å²) in [6.07, 6.45) is -0.464. The van der Waals surface area contributed by atoms with Gasteiger partial charge in [-0.25, -0.2) is 4.79 Å². The molecule has 0 radical (unpaired) electrons. The molecule has 0 aromatic carbocycles. The molecule has 4 nitrogen and oxygen atoms in total. The average molecular weight is 246 g/mol. The lowest BCUT2D eigenvalue weighted by molar-refractivity contribution is 0.0931. The second-order valence-corrected chi connectivity index (χ2v) is 5.47.